The molecule has 1 rings (SSSR count). The van der Waals surface area contributed by atoms with Crippen LogP contribution in [-0.4, -0.2) is 30.6 Å². The number of hydrogen-bond acceptors (Lipinski definition) is 3. The molecule has 1 aliphatic heterocycles. The minimum absolute atomic E-state index is 0.317. The third-order valence-electron chi connectivity index (χ3n) is 1.73. The van der Waals surface area contributed by atoms with Gasteiger partial charge in [0, 0.05) is 13.2 Å². The highest BCUT2D eigenvalue weighted by Gasteiger charge is 2.21. The number of halogens is 2. The molecule has 78 valence electrons. The predicted octanol–water partition coefficient (Wildman–Crippen LogP) is 1.18. The molecule has 0 saturated heterocycles. The van der Waals surface area contributed by atoms with E-state index in [4.69, 9.17) is 28.0 Å². The Labute approximate surface area is 92.1 Å². The van der Waals surface area contributed by atoms with Gasteiger partial charge in [0.25, 0.3) is 5.91 Å². The SMILES string of the molecule is CON(C)C(=O)C1=CNC(Cl)C=C1Cl. The molecular weight excluding hydrogens is 227 g/mol. The monoisotopic (exact) mass is 236 g/mol. The van der Waals surface area contributed by atoms with Gasteiger partial charge in [0.2, 0.25) is 0 Å². The van der Waals surface area contributed by atoms with E-state index in [1.165, 1.54) is 20.4 Å². The number of dihydropyridines is 1. The quantitative estimate of drug-likeness (QED) is 0.445. The Bertz CT molecular complexity index is 302. The van der Waals surface area contributed by atoms with Gasteiger partial charge in [0.05, 0.1) is 17.7 Å². The second-order valence-electron chi connectivity index (χ2n) is 2.63. The minimum atomic E-state index is -0.382. The number of hydroxylamine groups is 2. The van der Waals surface area contributed by atoms with Gasteiger partial charge in [0.15, 0.2) is 0 Å². The number of hydrogen-bond donors (Lipinski definition) is 1. The first-order valence-electron chi connectivity index (χ1n) is 3.86. The lowest BCUT2D eigenvalue weighted by atomic mass is 10.2. The van der Waals surface area contributed by atoms with E-state index >= 15 is 0 Å². The summed E-state index contributed by atoms with van der Waals surface area (Å²) in [5.74, 6) is -0.329. The van der Waals surface area contributed by atoms with E-state index in [0.717, 1.165) is 5.06 Å². The first kappa shape index (κ1) is 11.4. The van der Waals surface area contributed by atoms with Crippen LogP contribution in [0.1, 0.15) is 0 Å². The summed E-state index contributed by atoms with van der Waals surface area (Å²) in [6.07, 6.45) is 3.01. The highest BCUT2D eigenvalue weighted by molar-refractivity contribution is 6.36. The number of likely N-dealkylation sites (N-methyl/N-ethyl adjacent to an activating group) is 1. The van der Waals surface area contributed by atoms with Crippen LogP contribution in [0.15, 0.2) is 22.9 Å². The van der Waals surface area contributed by atoms with Gasteiger partial charge < -0.3 is 5.32 Å². The van der Waals surface area contributed by atoms with Crippen LogP contribution in [0.4, 0.5) is 0 Å². The maximum atomic E-state index is 11.6. The van der Waals surface area contributed by atoms with Crippen LogP contribution in [0.25, 0.3) is 0 Å². The molecule has 0 aromatic rings. The Kier molecular flexibility index (Phi) is 3.80. The molecule has 1 N–H and O–H groups in total. The second kappa shape index (κ2) is 4.68. The van der Waals surface area contributed by atoms with E-state index in [1.807, 2.05) is 0 Å². The van der Waals surface area contributed by atoms with Crippen LogP contribution in [0.3, 0.4) is 0 Å². The Morgan fingerprint density at radius 3 is 2.86 bits per heavy atom. The average molecular weight is 237 g/mol. The fraction of sp³-hybridized carbons (Fsp3) is 0.375. The molecule has 1 amide bonds. The summed E-state index contributed by atoms with van der Waals surface area (Å²) in [5.41, 5.74) is -0.0557. The van der Waals surface area contributed by atoms with Crippen molar-refractivity contribution < 1.29 is 9.63 Å². The predicted molar refractivity (Wildman–Crippen MR) is 54.6 cm³/mol. The molecule has 0 bridgehead atoms. The van der Waals surface area contributed by atoms with E-state index < -0.39 is 0 Å². The molecule has 0 aromatic heterocycles. The average Bonchev–Trinajstić information content (AvgIpc) is 2.15. The summed E-state index contributed by atoms with van der Waals surface area (Å²) < 4.78 is 0. The van der Waals surface area contributed by atoms with Gasteiger partial charge in [-0.2, -0.15) is 0 Å². The number of nitrogens with one attached hydrogen (secondary N) is 1. The fourth-order valence-corrected chi connectivity index (χ4v) is 1.43. The molecule has 0 aliphatic carbocycles. The lowest BCUT2D eigenvalue weighted by Crippen LogP contribution is -2.31. The van der Waals surface area contributed by atoms with Crippen LogP contribution < -0.4 is 5.32 Å². The lowest BCUT2D eigenvalue weighted by Gasteiger charge is -2.19. The van der Waals surface area contributed by atoms with E-state index in [-0.39, 0.29) is 11.4 Å². The van der Waals surface area contributed by atoms with Gasteiger partial charge in [0.1, 0.15) is 5.50 Å². The maximum Gasteiger partial charge on any atom is 0.280 e. The van der Waals surface area contributed by atoms with Gasteiger partial charge in [-0.3, -0.25) is 9.63 Å². The van der Waals surface area contributed by atoms with E-state index in [1.54, 1.807) is 6.08 Å². The van der Waals surface area contributed by atoms with Crippen molar-refractivity contribution in [3.63, 3.8) is 0 Å². The summed E-state index contributed by atoms with van der Waals surface area (Å²) in [5, 5.41) is 4.16. The van der Waals surface area contributed by atoms with Crippen molar-refractivity contribution in [1.82, 2.24) is 10.4 Å². The van der Waals surface area contributed by atoms with Crippen LogP contribution in [0, 0.1) is 0 Å². The number of carbonyl (C=O) groups excluding carboxylic acids is 1. The first-order valence-corrected chi connectivity index (χ1v) is 4.68. The standard InChI is InChI=1S/C8H10Cl2N2O2/c1-12(14-2)8(13)5-4-11-7(10)3-6(5)9/h3-4,7,11H,1-2H3. The van der Waals surface area contributed by atoms with Crippen molar-refractivity contribution in [3.05, 3.63) is 22.9 Å². The number of nitrogens with zero attached hydrogens (tertiary/aromatic N) is 1. The Morgan fingerprint density at radius 1 is 1.71 bits per heavy atom. The third-order valence-corrected chi connectivity index (χ3v) is 2.31. The zero-order chi connectivity index (χ0) is 10.7. The van der Waals surface area contributed by atoms with Crippen molar-refractivity contribution in [2.75, 3.05) is 14.2 Å². The Morgan fingerprint density at radius 2 is 2.36 bits per heavy atom. The summed E-state index contributed by atoms with van der Waals surface area (Å²) in [4.78, 5) is 16.3. The first-order chi connectivity index (χ1) is 6.56. The topological polar surface area (TPSA) is 41.6 Å². The van der Waals surface area contributed by atoms with Gasteiger partial charge in [-0.25, -0.2) is 5.06 Å². The third kappa shape index (κ3) is 2.41. The van der Waals surface area contributed by atoms with Gasteiger partial charge >= 0.3 is 0 Å². The largest absolute Gasteiger partial charge is 0.371 e. The molecule has 0 saturated carbocycles. The van der Waals surface area contributed by atoms with Crippen LogP contribution >= 0.6 is 23.2 Å². The molecule has 1 heterocycles. The molecule has 6 heteroatoms. The summed E-state index contributed by atoms with van der Waals surface area (Å²) in [6.45, 7) is 0. The highest BCUT2D eigenvalue weighted by Crippen LogP contribution is 2.21. The van der Waals surface area contributed by atoms with Crippen LogP contribution in [-0.2, 0) is 9.63 Å². The van der Waals surface area contributed by atoms with Crippen LogP contribution in [0.2, 0.25) is 0 Å². The Balaban J connectivity index is 2.80. The number of amides is 1. The van der Waals surface area contributed by atoms with Crippen molar-refractivity contribution in [1.29, 1.82) is 0 Å². The second-order valence-corrected chi connectivity index (χ2v) is 3.50. The zero-order valence-electron chi connectivity index (χ0n) is 7.75. The van der Waals surface area contributed by atoms with Gasteiger partial charge in [-0.1, -0.05) is 23.2 Å². The molecule has 0 spiro atoms. The van der Waals surface area contributed by atoms with Crippen molar-refractivity contribution in [2.45, 2.75) is 5.50 Å². The molecule has 4 nitrogen and oxygen atoms in total. The smallest absolute Gasteiger partial charge is 0.280 e. The summed E-state index contributed by atoms with van der Waals surface area (Å²) in [6, 6.07) is 0. The van der Waals surface area contributed by atoms with Crippen molar-refractivity contribution in [3.8, 4) is 0 Å². The van der Waals surface area contributed by atoms with E-state index in [9.17, 15) is 4.79 Å². The summed E-state index contributed by atoms with van der Waals surface area (Å²) >= 11 is 11.6. The molecule has 14 heavy (non-hydrogen) atoms. The van der Waals surface area contributed by atoms with Crippen LogP contribution in [0.5, 0.6) is 0 Å². The van der Waals surface area contributed by atoms with E-state index in [0.29, 0.717) is 10.6 Å². The lowest BCUT2D eigenvalue weighted by molar-refractivity contribution is -0.163. The minimum Gasteiger partial charge on any atom is -0.371 e. The fourth-order valence-electron chi connectivity index (χ4n) is 0.915. The normalized spacial score (nSPS) is 20.7. The van der Waals surface area contributed by atoms with Gasteiger partial charge in [-0.05, 0) is 6.08 Å². The van der Waals surface area contributed by atoms with Crippen molar-refractivity contribution in [2.24, 2.45) is 0 Å². The number of rotatable bonds is 2. The van der Waals surface area contributed by atoms with E-state index in [2.05, 4.69) is 5.32 Å². The zero-order valence-corrected chi connectivity index (χ0v) is 9.26. The molecular formula is C8H10Cl2N2O2. The van der Waals surface area contributed by atoms with Crippen molar-refractivity contribution >= 4 is 29.1 Å². The molecule has 0 fully saturated rings. The molecule has 1 aliphatic rings. The molecule has 0 aromatic carbocycles. The maximum absolute atomic E-state index is 11.6. The number of alkyl halides is 1. The highest BCUT2D eigenvalue weighted by atomic mass is 35.5. The molecule has 1 atom stereocenters. The van der Waals surface area contributed by atoms with Gasteiger partial charge in [-0.15, -0.1) is 0 Å². The molecule has 1 unspecified atom stereocenters. The molecule has 0 radical (unpaired) electrons. The number of carbonyl (C=O) groups is 1. The Hall–Kier alpha value is -0.710. The summed E-state index contributed by atoms with van der Waals surface area (Å²) in [7, 11) is 2.90.